The van der Waals surface area contributed by atoms with Crippen LogP contribution in [0.15, 0.2) is 24.3 Å². The van der Waals surface area contributed by atoms with Gasteiger partial charge in [0.15, 0.2) is 0 Å². The minimum atomic E-state index is -0.138. The molecule has 2 aliphatic heterocycles. The van der Waals surface area contributed by atoms with Gasteiger partial charge in [0.1, 0.15) is 0 Å². The first kappa shape index (κ1) is 14.3. The topological polar surface area (TPSA) is 49.9 Å². The fraction of sp³-hybridized carbons (Fsp3) is 0.529. The summed E-state index contributed by atoms with van der Waals surface area (Å²) in [6, 6.07) is 7.07. The van der Waals surface area contributed by atoms with Gasteiger partial charge in [-0.05, 0) is 25.0 Å². The second-order valence-corrected chi connectivity index (χ2v) is 5.82. The number of fused-ring (bicyclic) bond motifs is 1. The van der Waals surface area contributed by atoms with E-state index in [1.54, 1.807) is 24.3 Å². The summed E-state index contributed by atoms with van der Waals surface area (Å²) in [6.45, 7) is 1.48. The number of nitrogens with zero attached hydrogens (tertiary/aromatic N) is 1. The second-order valence-electron chi connectivity index (χ2n) is 5.82. The third-order valence-electron chi connectivity index (χ3n) is 4.19. The Morgan fingerprint density at radius 3 is 2.14 bits per heavy atom. The molecular formula is C17H21NO3. The summed E-state index contributed by atoms with van der Waals surface area (Å²) in [5.41, 5.74) is 1.10. The van der Waals surface area contributed by atoms with Crippen LogP contribution in [0.4, 0.5) is 0 Å². The highest BCUT2D eigenvalue weighted by Gasteiger charge is 2.34. The van der Waals surface area contributed by atoms with Gasteiger partial charge in [-0.3, -0.25) is 14.5 Å². The van der Waals surface area contributed by atoms with Crippen molar-refractivity contribution in [3.05, 3.63) is 35.4 Å². The lowest BCUT2D eigenvalue weighted by molar-refractivity contribution is 0.0651. The number of imide groups is 1. The summed E-state index contributed by atoms with van der Waals surface area (Å²) in [4.78, 5) is 25.7. The van der Waals surface area contributed by atoms with E-state index in [1.165, 1.54) is 24.2 Å². The highest BCUT2D eigenvalue weighted by molar-refractivity contribution is 6.21. The lowest BCUT2D eigenvalue weighted by Crippen LogP contribution is -2.30. The molecular weight excluding hydrogens is 266 g/mol. The Balaban J connectivity index is 1.38. The van der Waals surface area contributed by atoms with Gasteiger partial charge in [0.2, 0.25) is 0 Å². The number of carbonyl (C=O) groups is 2. The molecule has 4 nitrogen and oxygen atoms in total. The third-order valence-corrected chi connectivity index (χ3v) is 4.19. The minimum absolute atomic E-state index is 0.138. The molecule has 1 aromatic carbocycles. The number of unbranched alkanes of at least 4 members (excludes halogenated alkanes) is 4. The maximum Gasteiger partial charge on any atom is 0.261 e. The van der Waals surface area contributed by atoms with Crippen molar-refractivity contribution in [3.8, 4) is 0 Å². The summed E-state index contributed by atoms with van der Waals surface area (Å²) in [5, 5.41) is 0. The van der Waals surface area contributed by atoms with Crippen LogP contribution in [-0.4, -0.2) is 36.0 Å². The van der Waals surface area contributed by atoms with Crippen LogP contribution in [0.3, 0.4) is 0 Å². The van der Waals surface area contributed by atoms with Crippen LogP contribution < -0.4 is 0 Å². The fourth-order valence-corrected chi connectivity index (χ4v) is 2.85. The number of ether oxygens (including phenoxy) is 1. The number of hydrogen-bond acceptors (Lipinski definition) is 3. The number of epoxide rings is 1. The maximum atomic E-state index is 12.1. The summed E-state index contributed by atoms with van der Waals surface area (Å²) < 4.78 is 5.18. The zero-order valence-electron chi connectivity index (χ0n) is 12.2. The van der Waals surface area contributed by atoms with E-state index in [-0.39, 0.29) is 11.8 Å². The quantitative estimate of drug-likeness (QED) is 0.419. The summed E-state index contributed by atoms with van der Waals surface area (Å²) >= 11 is 0. The van der Waals surface area contributed by atoms with Crippen LogP contribution in [0.2, 0.25) is 0 Å². The lowest BCUT2D eigenvalue weighted by atomic mass is 10.1. The number of hydrogen-bond donors (Lipinski definition) is 0. The van der Waals surface area contributed by atoms with Gasteiger partial charge in [-0.25, -0.2) is 0 Å². The largest absolute Gasteiger partial charge is 0.373 e. The summed E-state index contributed by atoms with van der Waals surface area (Å²) in [6.07, 6.45) is 7.27. The van der Waals surface area contributed by atoms with Crippen molar-refractivity contribution < 1.29 is 14.3 Å². The van der Waals surface area contributed by atoms with Crippen LogP contribution in [0.5, 0.6) is 0 Å². The SMILES string of the molecule is O=C1c2ccccc2C(=O)N1CCCCCCCC1CO1. The molecule has 0 bridgehead atoms. The predicted molar refractivity (Wildman–Crippen MR) is 79.3 cm³/mol. The first-order chi connectivity index (χ1) is 10.3. The average Bonchev–Trinajstić information content (AvgIpc) is 3.29. The first-order valence-corrected chi connectivity index (χ1v) is 7.84. The van der Waals surface area contributed by atoms with Crippen molar-refractivity contribution in [3.63, 3.8) is 0 Å². The van der Waals surface area contributed by atoms with Crippen LogP contribution in [0.1, 0.15) is 59.2 Å². The molecule has 4 heteroatoms. The zero-order chi connectivity index (χ0) is 14.7. The van der Waals surface area contributed by atoms with Crippen molar-refractivity contribution in [1.82, 2.24) is 4.90 Å². The Morgan fingerprint density at radius 1 is 0.952 bits per heavy atom. The van der Waals surface area contributed by atoms with E-state index in [0.717, 1.165) is 25.9 Å². The van der Waals surface area contributed by atoms with Crippen molar-refractivity contribution in [2.24, 2.45) is 0 Å². The Kier molecular flexibility index (Phi) is 4.34. The number of rotatable bonds is 8. The monoisotopic (exact) mass is 287 g/mol. The summed E-state index contributed by atoms with van der Waals surface area (Å²) in [5.74, 6) is -0.275. The molecule has 3 rings (SSSR count). The Labute approximate surface area is 125 Å². The van der Waals surface area contributed by atoms with Gasteiger partial charge in [0.05, 0.1) is 23.8 Å². The molecule has 0 saturated carbocycles. The molecule has 21 heavy (non-hydrogen) atoms. The normalized spacial score (nSPS) is 20.0. The number of amides is 2. The predicted octanol–water partition coefficient (Wildman–Crippen LogP) is 3.02. The van der Waals surface area contributed by atoms with E-state index in [4.69, 9.17) is 4.74 Å². The van der Waals surface area contributed by atoms with Gasteiger partial charge in [-0.1, -0.05) is 37.8 Å². The van der Waals surface area contributed by atoms with E-state index in [2.05, 4.69) is 0 Å². The van der Waals surface area contributed by atoms with E-state index >= 15 is 0 Å². The highest BCUT2D eigenvalue weighted by atomic mass is 16.6. The molecule has 1 atom stereocenters. The van der Waals surface area contributed by atoms with Crippen molar-refractivity contribution in [1.29, 1.82) is 0 Å². The van der Waals surface area contributed by atoms with Crippen LogP contribution in [-0.2, 0) is 4.74 Å². The molecule has 1 fully saturated rings. The molecule has 0 spiro atoms. The number of benzene rings is 1. The van der Waals surface area contributed by atoms with E-state index < -0.39 is 0 Å². The van der Waals surface area contributed by atoms with Gasteiger partial charge >= 0.3 is 0 Å². The van der Waals surface area contributed by atoms with Gasteiger partial charge in [0.25, 0.3) is 11.8 Å². The fourth-order valence-electron chi connectivity index (χ4n) is 2.85. The van der Waals surface area contributed by atoms with Crippen molar-refractivity contribution in [2.45, 2.75) is 44.6 Å². The minimum Gasteiger partial charge on any atom is -0.373 e. The van der Waals surface area contributed by atoms with E-state index in [0.29, 0.717) is 23.8 Å². The molecule has 0 aliphatic carbocycles. The van der Waals surface area contributed by atoms with Gasteiger partial charge in [-0.2, -0.15) is 0 Å². The van der Waals surface area contributed by atoms with Gasteiger partial charge < -0.3 is 4.74 Å². The standard InChI is InChI=1S/C17H21NO3/c19-16-14-9-5-6-10-15(14)17(20)18(16)11-7-3-1-2-4-8-13-12-21-13/h5-6,9-10,13H,1-4,7-8,11-12H2. The van der Waals surface area contributed by atoms with Crippen molar-refractivity contribution in [2.75, 3.05) is 13.2 Å². The molecule has 1 unspecified atom stereocenters. The highest BCUT2D eigenvalue weighted by Crippen LogP contribution is 2.23. The molecule has 0 aromatic heterocycles. The molecule has 2 heterocycles. The second kappa shape index (κ2) is 6.39. The number of carbonyl (C=O) groups excluding carboxylic acids is 2. The van der Waals surface area contributed by atoms with E-state index in [1.807, 2.05) is 0 Å². The van der Waals surface area contributed by atoms with Crippen LogP contribution >= 0.6 is 0 Å². The third kappa shape index (κ3) is 3.32. The first-order valence-electron chi connectivity index (χ1n) is 7.84. The Morgan fingerprint density at radius 2 is 1.52 bits per heavy atom. The Bertz CT molecular complexity index is 502. The lowest BCUT2D eigenvalue weighted by Gasteiger charge is -2.13. The molecule has 0 N–H and O–H groups in total. The van der Waals surface area contributed by atoms with Crippen LogP contribution in [0.25, 0.3) is 0 Å². The molecule has 112 valence electrons. The van der Waals surface area contributed by atoms with Gasteiger partial charge in [0, 0.05) is 6.54 Å². The van der Waals surface area contributed by atoms with Crippen molar-refractivity contribution >= 4 is 11.8 Å². The molecule has 1 saturated heterocycles. The smallest absolute Gasteiger partial charge is 0.261 e. The summed E-state index contributed by atoms with van der Waals surface area (Å²) in [7, 11) is 0. The molecule has 1 aromatic rings. The molecule has 2 amide bonds. The average molecular weight is 287 g/mol. The Hall–Kier alpha value is -1.68. The van der Waals surface area contributed by atoms with E-state index in [9.17, 15) is 9.59 Å². The maximum absolute atomic E-state index is 12.1. The molecule has 2 aliphatic rings. The zero-order valence-corrected chi connectivity index (χ0v) is 12.2. The molecule has 0 radical (unpaired) electrons. The van der Waals surface area contributed by atoms with Gasteiger partial charge in [-0.15, -0.1) is 0 Å². The van der Waals surface area contributed by atoms with Crippen LogP contribution in [0, 0.1) is 0 Å².